The molecular weight excluding hydrogens is 420 g/mol. The first-order valence-corrected chi connectivity index (χ1v) is 12.1. The maximum Gasteiger partial charge on any atom is 0.107 e. The maximum atomic E-state index is 5.81. The Bertz CT molecular complexity index is 1120. The van der Waals surface area contributed by atoms with E-state index < -0.39 is 0 Å². The number of benzene rings is 3. The molecule has 0 fully saturated rings. The molecule has 5 nitrogen and oxygen atoms in total. The lowest BCUT2D eigenvalue weighted by Gasteiger charge is -2.17. The number of likely N-dealkylation sites (N-methyl/N-ethyl adjacent to an activating group) is 1. The highest BCUT2D eigenvalue weighted by Gasteiger charge is 2.17. The van der Waals surface area contributed by atoms with Crippen molar-refractivity contribution in [1.82, 2.24) is 4.90 Å². The molecule has 0 aliphatic carbocycles. The van der Waals surface area contributed by atoms with Crippen LogP contribution in [0.4, 0.5) is 11.4 Å². The molecule has 0 radical (unpaired) electrons. The van der Waals surface area contributed by atoms with Gasteiger partial charge in [0.1, 0.15) is 11.9 Å². The lowest BCUT2D eigenvalue weighted by Crippen LogP contribution is -2.26. The van der Waals surface area contributed by atoms with Crippen LogP contribution in [0.2, 0.25) is 0 Å². The van der Waals surface area contributed by atoms with Crippen molar-refractivity contribution in [1.29, 1.82) is 0 Å². The van der Waals surface area contributed by atoms with Crippen LogP contribution in [-0.2, 0) is 4.74 Å². The number of nitrogens with zero attached hydrogens (tertiary/aromatic N) is 3. The summed E-state index contributed by atoms with van der Waals surface area (Å²) in [6.45, 7) is 8.20. The molecule has 176 valence electrons. The van der Waals surface area contributed by atoms with Crippen molar-refractivity contribution < 1.29 is 4.74 Å². The number of para-hydroxylation sites is 2. The Morgan fingerprint density at radius 3 is 2.29 bits per heavy atom. The Balaban J connectivity index is 1.59. The summed E-state index contributed by atoms with van der Waals surface area (Å²) in [5, 5.41) is 3.53. The van der Waals surface area contributed by atoms with E-state index in [2.05, 4.69) is 66.5 Å². The number of anilines is 1. The average molecular weight is 455 g/mol. The molecule has 0 spiro atoms. The molecular formula is C29H34N4O. The Hall–Kier alpha value is -3.28. The van der Waals surface area contributed by atoms with E-state index in [1.807, 2.05) is 36.4 Å². The summed E-state index contributed by atoms with van der Waals surface area (Å²) in [4.78, 5) is 12.3. The standard InChI is InChI=1S/C29H34N4O/c1-4-33(5-2)20-19-30-28-21-27(31-25-13-9-10-14-26(25)32-28)22-15-17-24(18-16-22)29(34-3)23-11-7-6-8-12-23/h6-18,29H,4-5,19-21H2,1-3H3,(H,30,32)/t29-/m1/s1. The molecule has 0 bridgehead atoms. The van der Waals surface area contributed by atoms with Crippen LogP contribution in [0.5, 0.6) is 0 Å². The molecule has 5 heteroatoms. The van der Waals surface area contributed by atoms with Gasteiger partial charge in [-0.1, -0.05) is 80.6 Å². The van der Waals surface area contributed by atoms with Crippen molar-refractivity contribution >= 4 is 22.9 Å². The highest BCUT2D eigenvalue weighted by atomic mass is 16.5. The minimum atomic E-state index is -0.0917. The molecule has 3 aromatic carbocycles. The topological polar surface area (TPSA) is 49.2 Å². The highest BCUT2D eigenvalue weighted by molar-refractivity contribution is 6.18. The molecule has 1 aliphatic rings. The number of hydrogen-bond donors (Lipinski definition) is 1. The van der Waals surface area contributed by atoms with Gasteiger partial charge in [-0.3, -0.25) is 9.98 Å². The van der Waals surface area contributed by atoms with Crippen molar-refractivity contribution in [3.8, 4) is 0 Å². The lowest BCUT2D eigenvalue weighted by atomic mass is 9.98. The summed E-state index contributed by atoms with van der Waals surface area (Å²) in [6.07, 6.45) is 0.574. The van der Waals surface area contributed by atoms with Gasteiger partial charge in [0.25, 0.3) is 0 Å². The van der Waals surface area contributed by atoms with E-state index in [9.17, 15) is 0 Å². The van der Waals surface area contributed by atoms with Gasteiger partial charge in [0.15, 0.2) is 0 Å². The molecule has 1 heterocycles. The maximum absolute atomic E-state index is 5.81. The largest absolute Gasteiger partial charge is 0.372 e. The zero-order valence-corrected chi connectivity index (χ0v) is 20.4. The minimum Gasteiger partial charge on any atom is -0.372 e. The van der Waals surface area contributed by atoms with E-state index in [-0.39, 0.29) is 6.10 Å². The summed E-state index contributed by atoms with van der Waals surface area (Å²) in [5.41, 5.74) is 6.32. The summed E-state index contributed by atoms with van der Waals surface area (Å²) >= 11 is 0. The first-order chi connectivity index (χ1) is 16.7. The number of hydrogen-bond acceptors (Lipinski definition) is 4. The van der Waals surface area contributed by atoms with E-state index in [0.29, 0.717) is 6.42 Å². The number of fused-ring (bicyclic) bond motifs is 1. The molecule has 0 saturated heterocycles. The monoisotopic (exact) mass is 454 g/mol. The van der Waals surface area contributed by atoms with Crippen LogP contribution in [0.15, 0.2) is 88.8 Å². The predicted octanol–water partition coefficient (Wildman–Crippen LogP) is 6.10. The normalized spacial score (nSPS) is 15.4. The smallest absolute Gasteiger partial charge is 0.107 e. The van der Waals surface area contributed by atoms with Gasteiger partial charge in [0, 0.05) is 20.1 Å². The van der Waals surface area contributed by atoms with Crippen LogP contribution in [-0.4, -0.2) is 49.7 Å². The second-order valence-electron chi connectivity index (χ2n) is 8.38. The number of ether oxygens (including phenoxy) is 1. The van der Waals surface area contributed by atoms with E-state index in [1.165, 1.54) is 0 Å². The van der Waals surface area contributed by atoms with Crippen molar-refractivity contribution in [2.24, 2.45) is 9.98 Å². The van der Waals surface area contributed by atoms with Crippen LogP contribution in [0.1, 0.15) is 43.1 Å². The summed E-state index contributed by atoms with van der Waals surface area (Å²) < 4.78 is 5.81. The molecule has 0 aromatic heterocycles. The Morgan fingerprint density at radius 1 is 0.912 bits per heavy atom. The van der Waals surface area contributed by atoms with Gasteiger partial charge in [-0.2, -0.15) is 0 Å². The van der Waals surface area contributed by atoms with Crippen LogP contribution >= 0.6 is 0 Å². The quantitative estimate of drug-likeness (QED) is 0.425. The number of methoxy groups -OCH3 is 1. The average Bonchev–Trinajstić information content (AvgIpc) is 3.07. The highest BCUT2D eigenvalue weighted by Crippen LogP contribution is 2.30. The van der Waals surface area contributed by atoms with Crippen LogP contribution in [0.25, 0.3) is 0 Å². The third-order valence-electron chi connectivity index (χ3n) is 6.27. The molecule has 0 amide bonds. The molecule has 3 aromatic rings. The van der Waals surface area contributed by atoms with Gasteiger partial charge in [-0.15, -0.1) is 0 Å². The molecule has 1 atom stereocenters. The second kappa shape index (κ2) is 11.7. The van der Waals surface area contributed by atoms with Crippen LogP contribution in [0.3, 0.4) is 0 Å². The number of nitrogens with one attached hydrogen (secondary N) is 1. The fourth-order valence-electron chi connectivity index (χ4n) is 4.29. The van der Waals surface area contributed by atoms with Gasteiger partial charge >= 0.3 is 0 Å². The van der Waals surface area contributed by atoms with Crippen molar-refractivity contribution in [2.45, 2.75) is 26.4 Å². The van der Waals surface area contributed by atoms with E-state index in [1.54, 1.807) is 7.11 Å². The molecule has 1 N–H and O–H groups in total. The fourth-order valence-corrected chi connectivity index (χ4v) is 4.29. The first kappa shape index (κ1) is 23.9. The Morgan fingerprint density at radius 2 is 1.59 bits per heavy atom. The Kier molecular flexibility index (Phi) is 8.23. The molecule has 0 saturated carbocycles. The van der Waals surface area contributed by atoms with Crippen LogP contribution < -0.4 is 5.32 Å². The second-order valence-corrected chi connectivity index (χ2v) is 8.38. The van der Waals surface area contributed by atoms with Crippen molar-refractivity contribution in [3.63, 3.8) is 0 Å². The molecule has 0 unspecified atom stereocenters. The SMILES string of the molecule is CCN(CC)CCN=C1CC(c2ccc([C@H](OC)c3ccccc3)cc2)=Nc2ccccc2N1. The number of amidine groups is 1. The zero-order valence-electron chi connectivity index (χ0n) is 20.4. The predicted molar refractivity (Wildman–Crippen MR) is 143 cm³/mol. The molecule has 4 rings (SSSR count). The van der Waals surface area contributed by atoms with Gasteiger partial charge < -0.3 is 15.0 Å². The minimum absolute atomic E-state index is 0.0917. The van der Waals surface area contributed by atoms with Gasteiger partial charge in [-0.05, 0) is 41.9 Å². The molecule has 34 heavy (non-hydrogen) atoms. The lowest BCUT2D eigenvalue weighted by molar-refractivity contribution is 0.136. The molecule has 1 aliphatic heterocycles. The summed E-state index contributed by atoms with van der Waals surface area (Å²) in [6, 6.07) is 27.0. The number of rotatable bonds is 9. The van der Waals surface area contributed by atoms with Crippen LogP contribution in [0, 0.1) is 0 Å². The first-order valence-electron chi connectivity index (χ1n) is 12.1. The Labute approximate surface area is 203 Å². The van der Waals surface area contributed by atoms with Crippen molar-refractivity contribution in [2.75, 3.05) is 38.6 Å². The van der Waals surface area contributed by atoms with Crippen molar-refractivity contribution in [3.05, 3.63) is 95.6 Å². The number of aliphatic imine (C=N–C) groups is 2. The van der Waals surface area contributed by atoms with E-state index in [4.69, 9.17) is 14.7 Å². The van der Waals surface area contributed by atoms with Gasteiger partial charge in [0.05, 0.1) is 23.6 Å². The van der Waals surface area contributed by atoms with E-state index >= 15 is 0 Å². The van der Waals surface area contributed by atoms with Gasteiger partial charge in [0.2, 0.25) is 0 Å². The third kappa shape index (κ3) is 5.79. The summed E-state index contributed by atoms with van der Waals surface area (Å²) in [5.74, 6) is 0.957. The zero-order chi connectivity index (χ0) is 23.8. The third-order valence-corrected chi connectivity index (χ3v) is 6.27. The summed E-state index contributed by atoms with van der Waals surface area (Å²) in [7, 11) is 1.75. The fraction of sp³-hybridized carbons (Fsp3) is 0.310. The van der Waals surface area contributed by atoms with E-state index in [0.717, 1.165) is 65.8 Å². The van der Waals surface area contributed by atoms with Gasteiger partial charge in [-0.25, -0.2) is 0 Å².